The standard InChI is InChI=1S/C14H20F3N3O/c1-9-11(12(14(15,16)17)19-20(9)2)13(21)18-10-7-5-3-4-6-8-10/h10H,3-8H2,1-2H3,(H,18,21). The maximum Gasteiger partial charge on any atom is 0.435 e. The van der Waals surface area contributed by atoms with Crippen LogP contribution in [0.2, 0.25) is 0 Å². The van der Waals surface area contributed by atoms with Crippen molar-refractivity contribution in [3.63, 3.8) is 0 Å². The molecule has 0 bridgehead atoms. The Morgan fingerprint density at radius 1 is 1.24 bits per heavy atom. The van der Waals surface area contributed by atoms with E-state index in [0.717, 1.165) is 43.2 Å². The van der Waals surface area contributed by atoms with Crippen molar-refractivity contribution in [2.75, 3.05) is 0 Å². The number of hydrogen-bond donors (Lipinski definition) is 1. The summed E-state index contributed by atoms with van der Waals surface area (Å²) < 4.78 is 40.1. The predicted octanol–water partition coefficient (Wildman–Crippen LogP) is 3.20. The summed E-state index contributed by atoms with van der Waals surface area (Å²) in [6.07, 6.45) is 1.27. The molecule has 118 valence electrons. The van der Waals surface area contributed by atoms with Gasteiger partial charge < -0.3 is 5.32 Å². The van der Waals surface area contributed by atoms with Crippen LogP contribution < -0.4 is 5.32 Å². The van der Waals surface area contributed by atoms with E-state index in [0.29, 0.717) is 0 Å². The maximum absolute atomic E-state index is 13.0. The number of aryl methyl sites for hydroxylation is 1. The summed E-state index contributed by atoms with van der Waals surface area (Å²) in [4.78, 5) is 12.3. The molecular formula is C14H20F3N3O. The summed E-state index contributed by atoms with van der Waals surface area (Å²) >= 11 is 0. The van der Waals surface area contributed by atoms with Gasteiger partial charge in [0.2, 0.25) is 0 Å². The van der Waals surface area contributed by atoms with E-state index in [2.05, 4.69) is 10.4 Å². The molecule has 1 aliphatic rings. The summed E-state index contributed by atoms with van der Waals surface area (Å²) in [5, 5.41) is 6.19. The molecule has 1 fully saturated rings. The average Bonchev–Trinajstić information content (AvgIpc) is 2.58. The van der Waals surface area contributed by atoms with Crippen molar-refractivity contribution >= 4 is 5.91 Å². The molecule has 1 saturated carbocycles. The maximum atomic E-state index is 13.0. The number of nitrogens with one attached hydrogen (secondary N) is 1. The third kappa shape index (κ3) is 3.57. The topological polar surface area (TPSA) is 46.9 Å². The summed E-state index contributed by atoms with van der Waals surface area (Å²) in [6.45, 7) is 1.48. The van der Waals surface area contributed by atoms with Crippen LogP contribution in [0.3, 0.4) is 0 Å². The van der Waals surface area contributed by atoms with Crippen LogP contribution in [-0.4, -0.2) is 21.7 Å². The Morgan fingerprint density at radius 3 is 2.33 bits per heavy atom. The van der Waals surface area contributed by atoms with Crippen molar-refractivity contribution in [1.29, 1.82) is 0 Å². The van der Waals surface area contributed by atoms with Crippen LogP contribution in [0, 0.1) is 6.92 Å². The minimum Gasteiger partial charge on any atom is -0.349 e. The second kappa shape index (κ2) is 6.07. The number of halogens is 3. The second-order valence-electron chi connectivity index (χ2n) is 5.59. The molecule has 0 aromatic carbocycles. The number of carbonyl (C=O) groups excluding carboxylic acids is 1. The lowest BCUT2D eigenvalue weighted by atomic mass is 10.1. The first-order chi connectivity index (χ1) is 9.80. The molecule has 1 N–H and O–H groups in total. The molecule has 1 aromatic rings. The Hall–Kier alpha value is -1.53. The van der Waals surface area contributed by atoms with Gasteiger partial charge in [-0.05, 0) is 19.8 Å². The van der Waals surface area contributed by atoms with Gasteiger partial charge in [-0.2, -0.15) is 18.3 Å². The molecule has 0 unspecified atom stereocenters. The lowest BCUT2D eigenvalue weighted by Gasteiger charge is -2.17. The fourth-order valence-corrected chi connectivity index (χ4v) is 2.76. The van der Waals surface area contributed by atoms with E-state index in [1.165, 1.54) is 14.0 Å². The van der Waals surface area contributed by atoms with Crippen LogP contribution in [0.1, 0.15) is 60.3 Å². The number of alkyl halides is 3. The molecule has 4 nitrogen and oxygen atoms in total. The van der Waals surface area contributed by atoms with Crippen molar-refractivity contribution < 1.29 is 18.0 Å². The molecular weight excluding hydrogens is 283 g/mol. The molecule has 1 aromatic heterocycles. The van der Waals surface area contributed by atoms with Crippen molar-refractivity contribution in [3.8, 4) is 0 Å². The highest BCUT2D eigenvalue weighted by Crippen LogP contribution is 2.32. The summed E-state index contributed by atoms with van der Waals surface area (Å²) in [5.41, 5.74) is -1.23. The number of carbonyl (C=O) groups is 1. The normalized spacial score (nSPS) is 17.6. The Morgan fingerprint density at radius 2 is 1.81 bits per heavy atom. The molecule has 1 heterocycles. The molecule has 0 spiro atoms. The first kappa shape index (κ1) is 15.9. The molecule has 1 aliphatic carbocycles. The highest BCUT2D eigenvalue weighted by Gasteiger charge is 2.40. The van der Waals surface area contributed by atoms with E-state index >= 15 is 0 Å². The van der Waals surface area contributed by atoms with Gasteiger partial charge in [-0.3, -0.25) is 9.48 Å². The van der Waals surface area contributed by atoms with Gasteiger partial charge in [0.15, 0.2) is 5.69 Å². The highest BCUT2D eigenvalue weighted by atomic mass is 19.4. The van der Waals surface area contributed by atoms with Gasteiger partial charge in [0.25, 0.3) is 5.91 Å². The zero-order valence-electron chi connectivity index (χ0n) is 12.3. The van der Waals surface area contributed by atoms with Gasteiger partial charge in [0.05, 0.1) is 5.56 Å². The van der Waals surface area contributed by atoms with Crippen LogP contribution >= 0.6 is 0 Å². The first-order valence-corrected chi connectivity index (χ1v) is 7.22. The van der Waals surface area contributed by atoms with Gasteiger partial charge in [0, 0.05) is 18.8 Å². The lowest BCUT2D eigenvalue weighted by Crippen LogP contribution is -2.35. The molecule has 0 aliphatic heterocycles. The van der Waals surface area contributed by atoms with Crippen molar-refractivity contribution in [1.82, 2.24) is 15.1 Å². The van der Waals surface area contributed by atoms with Crippen molar-refractivity contribution in [3.05, 3.63) is 17.0 Å². The quantitative estimate of drug-likeness (QED) is 0.853. The average molecular weight is 303 g/mol. The number of rotatable bonds is 2. The van der Waals surface area contributed by atoms with Crippen LogP contribution in [0.15, 0.2) is 0 Å². The van der Waals surface area contributed by atoms with Crippen LogP contribution in [0.5, 0.6) is 0 Å². The van der Waals surface area contributed by atoms with Crippen molar-refractivity contribution in [2.24, 2.45) is 7.05 Å². The smallest absolute Gasteiger partial charge is 0.349 e. The molecule has 0 saturated heterocycles. The fraction of sp³-hybridized carbons (Fsp3) is 0.714. The van der Waals surface area contributed by atoms with E-state index in [1.807, 2.05) is 0 Å². The third-order valence-corrected chi connectivity index (χ3v) is 4.02. The Kier molecular flexibility index (Phi) is 4.58. The zero-order chi connectivity index (χ0) is 15.6. The van der Waals surface area contributed by atoms with Gasteiger partial charge in [-0.15, -0.1) is 0 Å². The van der Waals surface area contributed by atoms with Gasteiger partial charge in [-0.25, -0.2) is 0 Å². The largest absolute Gasteiger partial charge is 0.435 e. The monoisotopic (exact) mass is 303 g/mol. The van der Waals surface area contributed by atoms with E-state index < -0.39 is 17.8 Å². The Labute approximate surface area is 121 Å². The van der Waals surface area contributed by atoms with E-state index in [4.69, 9.17) is 0 Å². The number of nitrogens with zero attached hydrogens (tertiary/aromatic N) is 2. The Bertz CT molecular complexity index is 514. The third-order valence-electron chi connectivity index (χ3n) is 4.02. The zero-order valence-corrected chi connectivity index (χ0v) is 12.3. The molecule has 21 heavy (non-hydrogen) atoms. The molecule has 0 radical (unpaired) electrons. The SMILES string of the molecule is Cc1c(C(=O)NC2CCCCCC2)c(C(F)(F)F)nn1C. The predicted molar refractivity (Wildman–Crippen MR) is 71.9 cm³/mol. The van der Waals surface area contributed by atoms with E-state index in [9.17, 15) is 18.0 Å². The molecule has 2 rings (SSSR count). The molecule has 7 heteroatoms. The molecule has 0 atom stereocenters. The fourth-order valence-electron chi connectivity index (χ4n) is 2.76. The minimum atomic E-state index is -4.62. The molecule has 1 amide bonds. The minimum absolute atomic E-state index is 0.0410. The van der Waals surface area contributed by atoms with Gasteiger partial charge in [-0.1, -0.05) is 25.7 Å². The number of aromatic nitrogens is 2. The van der Waals surface area contributed by atoms with E-state index in [1.54, 1.807) is 0 Å². The van der Waals surface area contributed by atoms with Crippen molar-refractivity contribution in [2.45, 2.75) is 57.7 Å². The number of hydrogen-bond acceptors (Lipinski definition) is 2. The van der Waals surface area contributed by atoms with Gasteiger partial charge in [0.1, 0.15) is 0 Å². The van der Waals surface area contributed by atoms with Crippen LogP contribution in [0.25, 0.3) is 0 Å². The second-order valence-corrected chi connectivity index (χ2v) is 5.59. The first-order valence-electron chi connectivity index (χ1n) is 7.22. The van der Waals surface area contributed by atoms with Gasteiger partial charge >= 0.3 is 6.18 Å². The lowest BCUT2D eigenvalue weighted by molar-refractivity contribution is -0.141. The summed E-state index contributed by atoms with van der Waals surface area (Å²) in [6, 6.07) is -0.0410. The number of amides is 1. The summed E-state index contributed by atoms with van der Waals surface area (Å²) in [5.74, 6) is -0.667. The highest BCUT2D eigenvalue weighted by molar-refractivity contribution is 5.96. The van der Waals surface area contributed by atoms with Crippen LogP contribution in [0.4, 0.5) is 13.2 Å². The Balaban J connectivity index is 2.22. The van der Waals surface area contributed by atoms with Crippen LogP contribution in [-0.2, 0) is 13.2 Å². The summed E-state index contributed by atoms with van der Waals surface area (Å²) in [7, 11) is 1.41. The van der Waals surface area contributed by atoms with E-state index in [-0.39, 0.29) is 17.3 Å².